The van der Waals surface area contributed by atoms with Crippen LogP contribution in [-0.4, -0.2) is 22.6 Å². The number of aromatic nitrogens is 1. The third kappa shape index (κ3) is 2.07. The molecule has 0 amide bonds. The number of fused-ring (bicyclic) bond motifs is 1. The minimum atomic E-state index is 0. The maximum absolute atomic E-state index is 2.49. The highest BCUT2D eigenvalue weighted by Crippen LogP contribution is 2.18. The van der Waals surface area contributed by atoms with E-state index >= 15 is 0 Å². The molecule has 0 aliphatic carbocycles. The van der Waals surface area contributed by atoms with E-state index in [0.717, 1.165) is 6.54 Å². The Balaban J connectivity index is 0.000000845. The number of halogens is 1. The van der Waals surface area contributed by atoms with Crippen molar-refractivity contribution in [3.05, 3.63) is 23.5 Å². The monoisotopic (exact) mass is 292 g/mol. The van der Waals surface area contributed by atoms with E-state index in [2.05, 4.69) is 35.7 Å². The van der Waals surface area contributed by atoms with Crippen molar-refractivity contribution in [1.29, 1.82) is 0 Å². The van der Waals surface area contributed by atoms with Gasteiger partial charge in [-0.3, -0.25) is 4.90 Å². The van der Waals surface area contributed by atoms with Crippen LogP contribution in [-0.2, 0) is 20.0 Å². The average Bonchev–Trinajstić information content (AvgIpc) is 2.47. The van der Waals surface area contributed by atoms with Crippen LogP contribution >= 0.6 is 24.0 Å². The van der Waals surface area contributed by atoms with Gasteiger partial charge in [0.15, 0.2) is 0 Å². The van der Waals surface area contributed by atoms with E-state index in [1.165, 1.54) is 30.8 Å². The van der Waals surface area contributed by atoms with Crippen LogP contribution in [0, 0.1) is 0 Å². The van der Waals surface area contributed by atoms with Gasteiger partial charge in [-0.2, -0.15) is 0 Å². The third-order valence-electron chi connectivity index (χ3n) is 2.80. The summed E-state index contributed by atoms with van der Waals surface area (Å²) in [5.74, 6) is 0. The molecule has 2 nitrogen and oxygen atoms in total. The molecule has 2 rings (SSSR count). The van der Waals surface area contributed by atoms with Gasteiger partial charge >= 0.3 is 0 Å². The van der Waals surface area contributed by atoms with Crippen LogP contribution in [0.15, 0.2) is 12.3 Å². The molecule has 3 heteroatoms. The Morgan fingerprint density at radius 3 is 2.92 bits per heavy atom. The van der Waals surface area contributed by atoms with Gasteiger partial charge in [-0.15, -0.1) is 24.0 Å². The quantitative estimate of drug-likeness (QED) is 0.719. The maximum Gasteiger partial charge on any atom is 0.0251 e. The second-order valence-corrected chi connectivity index (χ2v) is 3.52. The van der Waals surface area contributed by atoms with E-state index in [4.69, 9.17) is 0 Å². The maximum atomic E-state index is 2.49. The molecule has 1 aromatic heterocycles. The van der Waals surface area contributed by atoms with Gasteiger partial charge in [0.05, 0.1) is 0 Å². The lowest BCUT2D eigenvalue weighted by atomic mass is 10.1. The summed E-state index contributed by atoms with van der Waals surface area (Å²) >= 11 is 0. The molecular weight excluding hydrogens is 275 g/mol. The molecule has 1 aliphatic heterocycles. The van der Waals surface area contributed by atoms with Gasteiger partial charge in [0, 0.05) is 38.4 Å². The lowest BCUT2D eigenvalue weighted by Crippen LogP contribution is -2.30. The van der Waals surface area contributed by atoms with Crippen LogP contribution < -0.4 is 0 Å². The minimum Gasteiger partial charge on any atom is -0.354 e. The highest BCUT2D eigenvalue weighted by Gasteiger charge is 2.16. The van der Waals surface area contributed by atoms with Crippen molar-refractivity contribution >= 4 is 24.0 Å². The van der Waals surface area contributed by atoms with Gasteiger partial charge in [0.2, 0.25) is 0 Å². The van der Waals surface area contributed by atoms with Gasteiger partial charge in [-0.1, -0.05) is 6.92 Å². The smallest absolute Gasteiger partial charge is 0.0251 e. The predicted molar refractivity (Wildman–Crippen MR) is 65.5 cm³/mol. The summed E-state index contributed by atoms with van der Waals surface area (Å²) in [6.07, 6.45) is 3.39. The molecule has 0 saturated carbocycles. The van der Waals surface area contributed by atoms with Crippen LogP contribution in [0.1, 0.15) is 18.2 Å². The molecule has 0 atom stereocenters. The van der Waals surface area contributed by atoms with E-state index in [1.807, 2.05) is 0 Å². The van der Waals surface area contributed by atoms with Gasteiger partial charge in [-0.25, -0.2) is 0 Å². The topological polar surface area (TPSA) is 8.17 Å². The van der Waals surface area contributed by atoms with E-state index in [9.17, 15) is 0 Å². The fourth-order valence-electron chi connectivity index (χ4n) is 1.95. The lowest BCUT2D eigenvalue weighted by molar-refractivity contribution is 0.265. The molecule has 0 saturated heterocycles. The summed E-state index contributed by atoms with van der Waals surface area (Å²) in [5, 5.41) is 0. The fourth-order valence-corrected chi connectivity index (χ4v) is 1.95. The summed E-state index contributed by atoms with van der Waals surface area (Å²) < 4.78 is 2.25. The van der Waals surface area contributed by atoms with Gasteiger partial charge in [0.25, 0.3) is 0 Å². The van der Waals surface area contributed by atoms with E-state index in [-0.39, 0.29) is 24.0 Å². The van der Waals surface area contributed by atoms with Gasteiger partial charge < -0.3 is 4.57 Å². The van der Waals surface area contributed by atoms with Crippen LogP contribution in [0.3, 0.4) is 0 Å². The Hall–Kier alpha value is -0.0300. The summed E-state index contributed by atoms with van der Waals surface area (Å²) in [4.78, 5) is 2.49. The number of hydrogen-bond donors (Lipinski definition) is 0. The largest absolute Gasteiger partial charge is 0.354 e. The minimum absolute atomic E-state index is 0. The lowest BCUT2D eigenvalue weighted by Gasteiger charge is -2.26. The van der Waals surface area contributed by atoms with Crippen LogP contribution in [0.25, 0.3) is 0 Å². The number of nitrogens with zero attached hydrogens (tertiary/aromatic N) is 2. The zero-order valence-electron chi connectivity index (χ0n) is 8.29. The number of aryl methyl sites for hydroxylation is 1. The summed E-state index contributed by atoms with van der Waals surface area (Å²) in [6.45, 7) is 5.77. The van der Waals surface area contributed by atoms with Crippen molar-refractivity contribution in [2.75, 3.05) is 13.1 Å². The molecule has 1 aromatic rings. The Morgan fingerprint density at radius 1 is 1.46 bits per heavy atom. The standard InChI is InChI=1S/C10H16N2.HI/c1-3-12-7-5-10-9(8-12)4-6-11(10)2;/h4,6H,3,5,7-8H2,1-2H3;1H. The van der Waals surface area contributed by atoms with Crippen LogP contribution in [0.2, 0.25) is 0 Å². The molecule has 0 radical (unpaired) electrons. The molecule has 0 fully saturated rings. The average molecular weight is 292 g/mol. The zero-order chi connectivity index (χ0) is 8.55. The normalized spacial score (nSPS) is 16.5. The van der Waals surface area contributed by atoms with Crippen molar-refractivity contribution in [3.8, 4) is 0 Å². The molecule has 0 unspecified atom stereocenters. The summed E-state index contributed by atoms with van der Waals surface area (Å²) in [6, 6.07) is 2.25. The number of likely N-dealkylation sites (N-methyl/N-ethyl adjacent to an activating group) is 1. The second kappa shape index (κ2) is 4.46. The molecule has 74 valence electrons. The molecule has 1 aliphatic rings. The second-order valence-electron chi connectivity index (χ2n) is 3.52. The Morgan fingerprint density at radius 2 is 2.23 bits per heavy atom. The molecule has 0 spiro atoms. The molecule has 0 bridgehead atoms. The van der Waals surface area contributed by atoms with Gasteiger partial charge in [0.1, 0.15) is 0 Å². The Bertz CT molecular complexity index is 280. The predicted octanol–water partition coefficient (Wildman–Crippen LogP) is 2.02. The highest BCUT2D eigenvalue weighted by molar-refractivity contribution is 14.0. The van der Waals surface area contributed by atoms with Crippen LogP contribution in [0.5, 0.6) is 0 Å². The molecule has 0 N–H and O–H groups in total. The fraction of sp³-hybridized carbons (Fsp3) is 0.600. The van der Waals surface area contributed by atoms with Crippen molar-refractivity contribution in [1.82, 2.24) is 9.47 Å². The van der Waals surface area contributed by atoms with E-state index in [0.29, 0.717) is 0 Å². The van der Waals surface area contributed by atoms with Gasteiger partial charge in [-0.05, 0) is 18.2 Å². The summed E-state index contributed by atoms with van der Waals surface area (Å²) in [7, 11) is 2.14. The summed E-state index contributed by atoms with van der Waals surface area (Å²) in [5.41, 5.74) is 3.05. The SMILES string of the molecule is CCN1CCc2c(ccn2C)C1.I. The Labute approximate surface area is 96.9 Å². The van der Waals surface area contributed by atoms with Crippen LogP contribution in [0.4, 0.5) is 0 Å². The van der Waals surface area contributed by atoms with E-state index in [1.54, 1.807) is 0 Å². The number of hydrogen-bond acceptors (Lipinski definition) is 1. The van der Waals surface area contributed by atoms with Crippen molar-refractivity contribution < 1.29 is 0 Å². The first-order valence-corrected chi connectivity index (χ1v) is 4.66. The van der Waals surface area contributed by atoms with Crippen molar-refractivity contribution in [2.24, 2.45) is 7.05 Å². The first kappa shape index (κ1) is 11.0. The number of rotatable bonds is 1. The zero-order valence-corrected chi connectivity index (χ0v) is 10.6. The van der Waals surface area contributed by atoms with Crippen molar-refractivity contribution in [3.63, 3.8) is 0 Å². The van der Waals surface area contributed by atoms with Crippen molar-refractivity contribution in [2.45, 2.75) is 19.9 Å². The molecule has 0 aromatic carbocycles. The third-order valence-corrected chi connectivity index (χ3v) is 2.80. The highest BCUT2D eigenvalue weighted by atomic mass is 127. The molecular formula is C10H17IN2. The molecule has 13 heavy (non-hydrogen) atoms. The first-order chi connectivity index (χ1) is 5.81. The molecule has 2 heterocycles. The van der Waals surface area contributed by atoms with E-state index < -0.39 is 0 Å². The first-order valence-electron chi connectivity index (χ1n) is 4.66. The Kier molecular flexibility index (Phi) is 3.79.